The molecule has 0 saturated carbocycles. The van der Waals surface area contributed by atoms with Gasteiger partial charge in [0.1, 0.15) is 11.5 Å². The molecule has 0 aromatic carbocycles. The van der Waals surface area contributed by atoms with Crippen LogP contribution < -0.4 is 5.73 Å². The summed E-state index contributed by atoms with van der Waals surface area (Å²) >= 11 is 6.46. The number of hydrogen-bond acceptors (Lipinski definition) is 3. The summed E-state index contributed by atoms with van der Waals surface area (Å²) in [6.07, 6.45) is 1.50. The number of aryl methyl sites for hydroxylation is 4. The van der Waals surface area contributed by atoms with Gasteiger partial charge in [0.25, 0.3) is 0 Å². The molecule has 1 unspecified atom stereocenters. The van der Waals surface area contributed by atoms with E-state index in [9.17, 15) is 0 Å². The molecule has 0 bridgehead atoms. The third-order valence-electron chi connectivity index (χ3n) is 4.10. The lowest BCUT2D eigenvalue weighted by atomic mass is 9.98. The fraction of sp³-hybridized carbons (Fsp3) is 0.562. The van der Waals surface area contributed by atoms with Crippen molar-refractivity contribution in [2.24, 2.45) is 5.73 Å². The second-order valence-electron chi connectivity index (χ2n) is 5.44. The van der Waals surface area contributed by atoms with Crippen LogP contribution in [0.15, 0.2) is 4.42 Å². The Labute approximate surface area is 131 Å². The van der Waals surface area contributed by atoms with Gasteiger partial charge >= 0.3 is 0 Å². The van der Waals surface area contributed by atoms with E-state index in [1.54, 1.807) is 0 Å². The molecule has 1 atom stereocenters. The molecule has 4 nitrogen and oxygen atoms in total. The van der Waals surface area contributed by atoms with Crippen molar-refractivity contribution in [1.82, 2.24) is 9.78 Å². The Bertz CT molecular complexity index is 642. The van der Waals surface area contributed by atoms with Crippen molar-refractivity contribution in [2.45, 2.75) is 60.0 Å². The van der Waals surface area contributed by atoms with Crippen LogP contribution >= 0.6 is 11.6 Å². The Morgan fingerprint density at radius 1 is 1.24 bits per heavy atom. The predicted molar refractivity (Wildman–Crippen MR) is 85.8 cm³/mol. The smallest absolute Gasteiger partial charge is 0.106 e. The summed E-state index contributed by atoms with van der Waals surface area (Å²) in [5.41, 5.74) is 10.6. The quantitative estimate of drug-likeness (QED) is 0.912. The topological polar surface area (TPSA) is 57.0 Å². The Morgan fingerprint density at radius 3 is 2.38 bits per heavy atom. The normalized spacial score (nSPS) is 12.9. The van der Waals surface area contributed by atoms with Gasteiger partial charge in [0, 0.05) is 24.6 Å². The first-order valence-corrected chi connectivity index (χ1v) is 7.84. The molecule has 2 aromatic heterocycles. The fourth-order valence-electron chi connectivity index (χ4n) is 2.88. The molecule has 2 rings (SSSR count). The Hall–Kier alpha value is -1.26. The van der Waals surface area contributed by atoms with Crippen molar-refractivity contribution in [3.63, 3.8) is 0 Å². The molecule has 0 aliphatic carbocycles. The Kier molecular flexibility index (Phi) is 4.79. The zero-order chi connectivity index (χ0) is 15.7. The van der Waals surface area contributed by atoms with Crippen molar-refractivity contribution in [1.29, 1.82) is 0 Å². The molecule has 0 radical (unpaired) electrons. The highest BCUT2D eigenvalue weighted by molar-refractivity contribution is 6.31. The Morgan fingerprint density at radius 2 is 1.90 bits per heavy atom. The second-order valence-corrected chi connectivity index (χ2v) is 5.82. The number of nitrogens with two attached hydrogens (primary N) is 1. The van der Waals surface area contributed by atoms with Crippen LogP contribution in [0.3, 0.4) is 0 Å². The highest BCUT2D eigenvalue weighted by atomic mass is 35.5. The van der Waals surface area contributed by atoms with E-state index in [1.807, 2.05) is 18.5 Å². The number of hydrogen-bond donors (Lipinski definition) is 1. The van der Waals surface area contributed by atoms with Crippen molar-refractivity contribution < 1.29 is 4.42 Å². The van der Waals surface area contributed by atoms with Gasteiger partial charge in [0.05, 0.1) is 16.4 Å². The lowest BCUT2D eigenvalue weighted by molar-refractivity contribution is 0.494. The maximum atomic E-state index is 6.46. The second kappa shape index (κ2) is 6.24. The molecule has 2 heterocycles. The monoisotopic (exact) mass is 309 g/mol. The Balaban J connectivity index is 2.35. The molecule has 0 aliphatic rings. The molecule has 2 N–H and O–H groups in total. The van der Waals surface area contributed by atoms with Gasteiger partial charge in [-0.3, -0.25) is 4.68 Å². The first-order chi connectivity index (χ1) is 9.90. The van der Waals surface area contributed by atoms with Crippen LogP contribution in [0.4, 0.5) is 0 Å². The summed E-state index contributed by atoms with van der Waals surface area (Å²) in [6, 6.07) is -0.133. The molecule has 0 aliphatic heterocycles. The van der Waals surface area contributed by atoms with Crippen LogP contribution in [-0.2, 0) is 19.4 Å². The summed E-state index contributed by atoms with van der Waals surface area (Å²) in [6.45, 7) is 10.9. The molecular formula is C16H24ClN3O. The molecular weight excluding hydrogens is 286 g/mol. The van der Waals surface area contributed by atoms with Crippen LogP contribution in [0.1, 0.15) is 53.9 Å². The fourth-order valence-corrected chi connectivity index (χ4v) is 3.22. The van der Waals surface area contributed by atoms with Gasteiger partial charge < -0.3 is 10.2 Å². The van der Waals surface area contributed by atoms with Gasteiger partial charge in [0.15, 0.2) is 0 Å². The standard InChI is InChI=1S/C16H24ClN3O/c1-6-13-16(17)14(20(7-2)19-13)8-12(18)15-9(3)10(4)21-11(15)5/h12H,6-8,18H2,1-5H3. The summed E-state index contributed by atoms with van der Waals surface area (Å²) < 4.78 is 7.64. The van der Waals surface area contributed by atoms with E-state index in [0.29, 0.717) is 6.42 Å². The molecule has 21 heavy (non-hydrogen) atoms. The first kappa shape index (κ1) is 16.1. The molecule has 0 saturated heterocycles. The average molecular weight is 310 g/mol. The van der Waals surface area contributed by atoms with E-state index < -0.39 is 0 Å². The van der Waals surface area contributed by atoms with Gasteiger partial charge in [-0.1, -0.05) is 18.5 Å². The first-order valence-electron chi connectivity index (χ1n) is 7.46. The van der Waals surface area contributed by atoms with Gasteiger partial charge in [-0.15, -0.1) is 0 Å². The number of rotatable bonds is 5. The van der Waals surface area contributed by atoms with E-state index in [1.165, 1.54) is 0 Å². The SMILES string of the molecule is CCc1nn(CC)c(CC(N)c2c(C)oc(C)c2C)c1Cl. The minimum Gasteiger partial charge on any atom is -0.466 e. The summed E-state index contributed by atoms with van der Waals surface area (Å²) in [4.78, 5) is 0. The lowest BCUT2D eigenvalue weighted by Gasteiger charge is -2.14. The number of furan rings is 1. The van der Waals surface area contributed by atoms with Gasteiger partial charge in [-0.05, 0) is 39.7 Å². The average Bonchev–Trinajstić information content (AvgIpc) is 2.88. The van der Waals surface area contributed by atoms with E-state index >= 15 is 0 Å². The van der Waals surface area contributed by atoms with Crippen molar-refractivity contribution in [3.05, 3.63) is 39.1 Å². The maximum Gasteiger partial charge on any atom is 0.106 e. The van der Waals surface area contributed by atoms with E-state index in [4.69, 9.17) is 21.8 Å². The molecule has 116 valence electrons. The van der Waals surface area contributed by atoms with Crippen molar-refractivity contribution in [2.75, 3.05) is 0 Å². The predicted octanol–water partition coefficient (Wildman–Crippen LogP) is 3.88. The summed E-state index contributed by atoms with van der Waals surface area (Å²) in [7, 11) is 0. The van der Waals surface area contributed by atoms with Crippen LogP contribution in [0, 0.1) is 20.8 Å². The molecule has 0 fully saturated rings. The zero-order valence-corrected chi connectivity index (χ0v) is 14.2. The minimum absolute atomic E-state index is 0.133. The van der Waals surface area contributed by atoms with Gasteiger partial charge in [-0.25, -0.2) is 0 Å². The number of nitrogens with zero attached hydrogens (tertiary/aromatic N) is 2. The minimum atomic E-state index is -0.133. The van der Waals surface area contributed by atoms with Crippen molar-refractivity contribution in [3.8, 4) is 0 Å². The van der Waals surface area contributed by atoms with Crippen molar-refractivity contribution >= 4 is 11.6 Å². The van der Waals surface area contributed by atoms with E-state index in [2.05, 4.69) is 25.9 Å². The van der Waals surface area contributed by atoms with Crippen LogP contribution in [-0.4, -0.2) is 9.78 Å². The number of halogens is 1. The third-order valence-corrected chi connectivity index (χ3v) is 4.53. The summed E-state index contributed by atoms with van der Waals surface area (Å²) in [5, 5.41) is 5.30. The maximum absolute atomic E-state index is 6.46. The van der Waals surface area contributed by atoms with E-state index in [-0.39, 0.29) is 6.04 Å². The third kappa shape index (κ3) is 2.87. The van der Waals surface area contributed by atoms with Crippen LogP contribution in [0.25, 0.3) is 0 Å². The van der Waals surface area contributed by atoms with E-state index in [0.717, 1.165) is 52.0 Å². The highest BCUT2D eigenvalue weighted by Gasteiger charge is 2.22. The zero-order valence-electron chi connectivity index (χ0n) is 13.5. The molecule has 0 spiro atoms. The largest absolute Gasteiger partial charge is 0.466 e. The number of aromatic nitrogens is 2. The van der Waals surface area contributed by atoms with Crippen LogP contribution in [0.2, 0.25) is 5.02 Å². The highest BCUT2D eigenvalue weighted by Crippen LogP contribution is 2.30. The lowest BCUT2D eigenvalue weighted by Crippen LogP contribution is -2.17. The van der Waals surface area contributed by atoms with Gasteiger partial charge in [-0.2, -0.15) is 5.10 Å². The van der Waals surface area contributed by atoms with Gasteiger partial charge in [0.2, 0.25) is 0 Å². The molecule has 2 aromatic rings. The molecule has 5 heteroatoms. The summed E-state index contributed by atoms with van der Waals surface area (Å²) in [5.74, 6) is 1.83. The van der Waals surface area contributed by atoms with Crippen LogP contribution in [0.5, 0.6) is 0 Å². The molecule has 0 amide bonds.